The van der Waals surface area contributed by atoms with Gasteiger partial charge in [-0.05, 0) is 18.4 Å². The van der Waals surface area contributed by atoms with Gasteiger partial charge in [-0.3, -0.25) is 10.6 Å². The quantitative estimate of drug-likeness (QED) is 0.386. The van der Waals surface area contributed by atoms with Gasteiger partial charge in [0, 0.05) is 12.3 Å². The number of hydrazine groups is 1. The molecule has 0 aliphatic heterocycles. The number of pyridine rings is 1. The minimum absolute atomic E-state index is 0.160. The second-order valence-corrected chi connectivity index (χ2v) is 3.81. The number of carbonyl (C=O) groups is 1. The van der Waals surface area contributed by atoms with E-state index >= 15 is 0 Å². The van der Waals surface area contributed by atoms with Crippen LogP contribution in [0.15, 0.2) is 18.3 Å². The normalized spacial score (nSPS) is 9.73. The summed E-state index contributed by atoms with van der Waals surface area (Å²) >= 11 is 1.68. The number of rotatable bonds is 5. The Balaban J connectivity index is 2.50. The molecule has 6 heteroatoms. The van der Waals surface area contributed by atoms with Crippen molar-refractivity contribution in [1.29, 1.82) is 0 Å². The smallest absolute Gasteiger partial charge is 0.269 e. The topological polar surface area (TPSA) is 80.0 Å². The molecule has 0 aliphatic carbocycles. The van der Waals surface area contributed by atoms with E-state index in [0.29, 0.717) is 17.9 Å². The van der Waals surface area contributed by atoms with Crippen molar-refractivity contribution in [2.45, 2.75) is 0 Å². The Morgan fingerprint density at radius 2 is 2.40 bits per heavy atom. The van der Waals surface area contributed by atoms with Gasteiger partial charge < -0.3 is 10.7 Å². The van der Waals surface area contributed by atoms with Crippen LogP contribution >= 0.6 is 11.8 Å². The van der Waals surface area contributed by atoms with Crippen LogP contribution in [0.1, 0.15) is 10.5 Å². The standard InChI is InChI=1S/C9H14N4OS/c1-15-5-4-11-9(14)8-3-2-7(13-10)6-12-8/h2-3,6,13H,4-5,10H2,1H3,(H,11,14). The lowest BCUT2D eigenvalue weighted by Gasteiger charge is -2.04. The van der Waals surface area contributed by atoms with Gasteiger partial charge in [-0.15, -0.1) is 0 Å². The summed E-state index contributed by atoms with van der Waals surface area (Å²) in [4.78, 5) is 15.5. The molecule has 0 saturated heterocycles. The minimum atomic E-state index is -0.160. The average molecular weight is 226 g/mol. The van der Waals surface area contributed by atoms with Gasteiger partial charge in [0.1, 0.15) is 5.69 Å². The number of amides is 1. The second-order valence-electron chi connectivity index (χ2n) is 2.83. The summed E-state index contributed by atoms with van der Waals surface area (Å²) in [5.74, 6) is 5.92. The molecule has 1 aromatic heterocycles. The van der Waals surface area contributed by atoms with Crippen molar-refractivity contribution in [3.8, 4) is 0 Å². The van der Waals surface area contributed by atoms with E-state index in [9.17, 15) is 4.79 Å². The van der Waals surface area contributed by atoms with Gasteiger partial charge in [0.25, 0.3) is 5.91 Å². The molecule has 5 nitrogen and oxygen atoms in total. The summed E-state index contributed by atoms with van der Waals surface area (Å²) in [6.45, 7) is 0.651. The van der Waals surface area contributed by atoms with Gasteiger partial charge in [-0.1, -0.05) is 0 Å². The first-order valence-corrected chi connectivity index (χ1v) is 5.87. The molecule has 0 spiro atoms. The molecular formula is C9H14N4OS. The molecule has 1 rings (SSSR count). The first-order valence-electron chi connectivity index (χ1n) is 4.47. The fourth-order valence-electron chi connectivity index (χ4n) is 0.971. The fraction of sp³-hybridized carbons (Fsp3) is 0.333. The van der Waals surface area contributed by atoms with Crippen molar-refractivity contribution in [3.05, 3.63) is 24.0 Å². The Labute approximate surface area is 92.8 Å². The van der Waals surface area contributed by atoms with Crippen LogP contribution in [0.25, 0.3) is 0 Å². The van der Waals surface area contributed by atoms with E-state index in [-0.39, 0.29) is 5.91 Å². The summed E-state index contributed by atoms with van der Waals surface area (Å²) in [7, 11) is 0. The summed E-state index contributed by atoms with van der Waals surface area (Å²) in [5, 5.41) is 2.76. The zero-order valence-electron chi connectivity index (χ0n) is 8.49. The maximum atomic E-state index is 11.5. The molecule has 0 aliphatic rings. The number of anilines is 1. The second kappa shape index (κ2) is 6.26. The average Bonchev–Trinajstić information content (AvgIpc) is 2.29. The number of nitrogens with one attached hydrogen (secondary N) is 2. The molecule has 0 fully saturated rings. The zero-order chi connectivity index (χ0) is 11.1. The first-order chi connectivity index (χ1) is 7.27. The lowest BCUT2D eigenvalue weighted by atomic mass is 10.3. The maximum absolute atomic E-state index is 11.5. The largest absolute Gasteiger partial charge is 0.350 e. The molecule has 0 saturated carbocycles. The fourth-order valence-corrected chi connectivity index (χ4v) is 1.28. The number of hydrogen-bond donors (Lipinski definition) is 3. The predicted molar refractivity (Wildman–Crippen MR) is 62.8 cm³/mol. The molecule has 4 N–H and O–H groups in total. The molecule has 0 radical (unpaired) electrons. The number of nitrogen functional groups attached to an aromatic ring is 1. The summed E-state index contributed by atoms with van der Waals surface area (Å²) in [5.41, 5.74) is 3.52. The van der Waals surface area contributed by atoms with Crippen molar-refractivity contribution >= 4 is 23.4 Å². The van der Waals surface area contributed by atoms with Crippen LogP contribution < -0.4 is 16.6 Å². The first kappa shape index (κ1) is 11.8. The number of carbonyl (C=O) groups excluding carboxylic acids is 1. The molecule has 0 aromatic carbocycles. The summed E-state index contributed by atoms with van der Waals surface area (Å²) in [6.07, 6.45) is 3.51. The van der Waals surface area contributed by atoms with Crippen LogP contribution in [0.3, 0.4) is 0 Å². The Morgan fingerprint density at radius 1 is 1.60 bits per heavy atom. The molecule has 1 amide bonds. The third-order valence-corrected chi connectivity index (χ3v) is 2.37. The number of nitrogens with zero attached hydrogens (tertiary/aromatic N) is 1. The van der Waals surface area contributed by atoms with Crippen LogP contribution in [-0.2, 0) is 0 Å². The summed E-state index contributed by atoms with van der Waals surface area (Å²) < 4.78 is 0. The van der Waals surface area contributed by atoms with E-state index in [4.69, 9.17) is 5.84 Å². The number of thioether (sulfide) groups is 1. The van der Waals surface area contributed by atoms with Gasteiger partial charge in [-0.2, -0.15) is 11.8 Å². The van der Waals surface area contributed by atoms with Crippen LogP contribution in [0, 0.1) is 0 Å². The lowest BCUT2D eigenvalue weighted by Crippen LogP contribution is -2.26. The van der Waals surface area contributed by atoms with Crippen LogP contribution in [0.5, 0.6) is 0 Å². The highest BCUT2D eigenvalue weighted by atomic mass is 32.2. The lowest BCUT2D eigenvalue weighted by molar-refractivity contribution is 0.0951. The molecule has 0 bridgehead atoms. The number of hydrogen-bond acceptors (Lipinski definition) is 5. The molecule has 15 heavy (non-hydrogen) atoms. The van der Waals surface area contributed by atoms with Crippen molar-refractivity contribution < 1.29 is 4.79 Å². The van der Waals surface area contributed by atoms with Gasteiger partial charge in [0.15, 0.2) is 0 Å². The minimum Gasteiger partial charge on any atom is -0.350 e. The third kappa shape index (κ3) is 3.77. The molecule has 0 unspecified atom stereocenters. The Bertz CT molecular complexity index is 314. The van der Waals surface area contributed by atoms with Crippen LogP contribution in [-0.4, -0.2) is 29.4 Å². The van der Waals surface area contributed by atoms with E-state index in [1.807, 2.05) is 6.26 Å². The van der Waals surface area contributed by atoms with Crippen molar-refractivity contribution in [2.24, 2.45) is 5.84 Å². The van der Waals surface area contributed by atoms with E-state index in [1.54, 1.807) is 23.9 Å². The Kier molecular flexibility index (Phi) is 4.92. The highest BCUT2D eigenvalue weighted by Gasteiger charge is 2.05. The monoisotopic (exact) mass is 226 g/mol. The SMILES string of the molecule is CSCCNC(=O)c1ccc(NN)cn1. The summed E-state index contributed by atoms with van der Waals surface area (Å²) in [6, 6.07) is 3.33. The highest BCUT2D eigenvalue weighted by Crippen LogP contribution is 2.03. The molecule has 0 atom stereocenters. The van der Waals surface area contributed by atoms with Gasteiger partial charge in [0.05, 0.1) is 11.9 Å². The molecule has 1 aromatic rings. The highest BCUT2D eigenvalue weighted by molar-refractivity contribution is 7.98. The van der Waals surface area contributed by atoms with E-state index in [1.165, 1.54) is 6.20 Å². The van der Waals surface area contributed by atoms with E-state index in [2.05, 4.69) is 15.7 Å². The maximum Gasteiger partial charge on any atom is 0.269 e. The molecule has 82 valence electrons. The van der Waals surface area contributed by atoms with Crippen molar-refractivity contribution in [2.75, 3.05) is 24.0 Å². The number of aromatic nitrogens is 1. The molecular weight excluding hydrogens is 212 g/mol. The molecule has 1 heterocycles. The zero-order valence-corrected chi connectivity index (χ0v) is 9.30. The number of nitrogens with two attached hydrogens (primary N) is 1. The van der Waals surface area contributed by atoms with E-state index < -0.39 is 0 Å². The Morgan fingerprint density at radius 3 is 2.93 bits per heavy atom. The van der Waals surface area contributed by atoms with E-state index in [0.717, 1.165) is 5.75 Å². The van der Waals surface area contributed by atoms with Gasteiger partial charge >= 0.3 is 0 Å². The third-order valence-electron chi connectivity index (χ3n) is 1.75. The van der Waals surface area contributed by atoms with Crippen molar-refractivity contribution in [3.63, 3.8) is 0 Å². The van der Waals surface area contributed by atoms with Gasteiger partial charge in [0.2, 0.25) is 0 Å². The predicted octanol–water partition coefficient (Wildman–Crippen LogP) is 0.460. The van der Waals surface area contributed by atoms with Crippen molar-refractivity contribution in [1.82, 2.24) is 10.3 Å². The van der Waals surface area contributed by atoms with Crippen LogP contribution in [0.4, 0.5) is 5.69 Å². The Hall–Kier alpha value is -1.27. The van der Waals surface area contributed by atoms with Gasteiger partial charge in [-0.25, -0.2) is 4.98 Å². The van der Waals surface area contributed by atoms with Crippen LogP contribution in [0.2, 0.25) is 0 Å².